The first-order valence-electron chi connectivity index (χ1n) is 5.47. The highest BCUT2D eigenvalue weighted by Gasteiger charge is 2.12. The molecular weight excluding hydrogens is 218 g/mol. The molecule has 0 atom stereocenters. The number of carbonyl (C=O) groups is 1. The fourth-order valence-corrected chi connectivity index (χ4v) is 1.39. The van der Waals surface area contributed by atoms with E-state index in [-0.39, 0.29) is 5.78 Å². The molecule has 0 aromatic carbocycles. The lowest BCUT2D eigenvalue weighted by atomic mass is 10.1. The molecule has 2 rings (SSSR count). The van der Waals surface area contributed by atoms with E-state index in [1.54, 1.807) is 24.4 Å². The van der Waals surface area contributed by atoms with Crippen molar-refractivity contribution in [3.8, 4) is 5.75 Å². The van der Waals surface area contributed by atoms with Crippen LogP contribution in [0.3, 0.4) is 0 Å². The maximum Gasteiger partial charge on any atom is 0.229 e. The number of pyridine rings is 1. The lowest BCUT2D eigenvalue weighted by Gasteiger charge is -2.04. The van der Waals surface area contributed by atoms with E-state index < -0.39 is 0 Å². The van der Waals surface area contributed by atoms with Crippen molar-refractivity contribution < 1.29 is 13.9 Å². The molecule has 0 saturated carbocycles. The van der Waals surface area contributed by atoms with Crippen LogP contribution in [0.5, 0.6) is 5.75 Å². The summed E-state index contributed by atoms with van der Waals surface area (Å²) < 4.78 is 10.5. The molecule has 0 saturated heterocycles. The van der Waals surface area contributed by atoms with Crippen molar-refractivity contribution in [1.29, 1.82) is 0 Å². The number of hydrogen-bond donors (Lipinski definition) is 0. The van der Waals surface area contributed by atoms with E-state index >= 15 is 0 Å². The second-order valence-corrected chi connectivity index (χ2v) is 3.56. The van der Waals surface area contributed by atoms with E-state index in [9.17, 15) is 4.79 Å². The van der Waals surface area contributed by atoms with Gasteiger partial charge in [0.15, 0.2) is 5.76 Å². The number of ketones is 1. The molecule has 0 aliphatic carbocycles. The summed E-state index contributed by atoms with van der Waals surface area (Å²) in [5.41, 5.74) is 0.466. The summed E-state index contributed by atoms with van der Waals surface area (Å²) in [6.07, 6.45) is 5.48. The third kappa shape index (κ3) is 2.72. The fourth-order valence-electron chi connectivity index (χ4n) is 1.39. The van der Waals surface area contributed by atoms with Crippen molar-refractivity contribution in [2.45, 2.75) is 13.3 Å². The zero-order chi connectivity index (χ0) is 12.1. The molecule has 0 aliphatic heterocycles. The molecule has 0 N–H and O–H groups in total. The molecule has 88 valence electrons. The van der Waals surface area contributed by atoms with Gasteiger partial charge in [0.05, 0.1) is 19.1 Å². The molecular formula is C13H13NO3. The van der Waals surface area contributed by atoms with Gasteiger partial charge in [0.25, 0.3) is 0 Å². The van der Waals surface area contributed by atoms with E-state index in [4.69, 9.17) is 9.15 Å². The molecule has 0 spiro atoms. The third-order valence-corrected chi connectivity index (χ3v) is 2.19. The van der Waals surface area contributed by atoms with Crippen LogP contribution in [0.25, 0.3) is 0 Å². The fraction of sp³-hybridized carbons (Fsp3) is 0.231. The molecule has 0 fully saturated rings. The first kappa shape index (κ1) is 11.4. The van der Waals surface area contributed by atoms with Crippen LogP contribution >= 0.6 is 0 Å². The average Bonchev–Trinajstić information content (AvgIpc) is 2.89. The Bertz CT molecular complexity index is 491. The largest absolute Gasteiger partial charge is 0.492 e. The number of carbonyl (C=O) groups excluding carboxylic acids is 1. The summed E-state index contributed by atoms with van der Waals surface area (Å²) in [6, 6.07) is 4.98. The van der Waals surface area contributed by atoms with Gasteiger partial charge in [-0.3, -0.25) is 9.78 Å². The van der Waals surface area contributed by atoms with E-state index in [2.05, 4.69) is 4.98 Å². The summed E-state index contributed by atoms with van der Waals surface area (Å²) in [7, 11) is 0. The maximum absolute atomic E-state index is 11.9. The van der Waals surface area contributed by atoms with E-state index in [0.717, 1.165) is 6.42 Å². The van der Waals surface area contributed by atoms with Crippen molar-refractivity contribution in [2.75, 3.05) is 6.61 Å². The molecule has 0 amide bonds. The van der Waals surface area contributed by atoms with Gasteiger partial charge < -0.3 is 9.15 Å². The summed E-state index contributed by atoms with van der Waals surface area (Å²) in [5, 5.41) is 0. The Hall–Kier alpha value is -2.10. The Balaban J connectivity index is 2.18. The highest BCUT2D eigenvalue weighted by Crippen LogP contribution is 2.15. The molecule has 2 aromatic heterocycles. The zero-order valence-corrected chi connectivity index (χ0v) is 9.55. The number of furan rings is 1. The topological polar surface area (TPSA) is 52.3 Å². The monoisotopic (exact) mass is 231 g/mol. The number of hydrogen-bond acceptors (Lipinski definition) is 4. The number of rotatable bonds is 5. The van der Waals surface area contributed by atoms with Crippen LogP contribution in [0.1, 0.15) is 29.5 Å². The molecule has 4 nitrogen and oxygen atoms in total. The minimum Gasteiger partial charge on any atom is -0.492 e. The lowest BCUT2D eigenvalue weighted by Crippen LogP contribution is -2.02. The summed E-state index contributed by atoms with van der Waals surface area (Å²) in [5.74, 6) is 0.716. The van der Waals surface area contributed by atoms with Crippen molar-refractivity contribution in [3.63, 3.8) is 0 Å². The van der Waals surface area contributed by atoms with Crippen molar-refractivity contribution >= 4 is 5.78 Å². The zero-order valence-electron chi connectivity index (χ0n) is 9.55. The van der Waals surface area contributed by atoms with Crippen LogP contribution in [0, 0.1) is 0 Å². The smallest absolute Gasteiger partial charge is 0.229 e. The van der Waals surface area contributed by atoms with Crippen LogP contribution in [-0.4, -0.2) is 17.4 Å². The Morgan fingerprint density at radius 2 is 2.35 bits per heavy atom. The van der Waals surface area contributed by atoms with Gasteiger partial charge in [0.1, 0.15) is 5.75 Å². The SMILES string of the molecule is CCCOc1cncc(C(=O)c2ccco2)c1. The van der Waals surface area contributed by atoms with E-state index in [1.807, 2.05) is 6.92 Å². The van der Waals surface area contributed by atoms with Gasteiger partial charge in [-0.15, -0.1) is 0 Å². The minimum absolute atomic E-state index is 0.190. The van der Waals surface area contributed by atoms with Gasteiger partial charge in [-0.05, 0) is 24.6 Å². The molecule has 4 heteroatoms. The van der Waals surface area contributed by atoms with Gasteiger partial charge in [-0.2, -0.15) is 0 Å². The predicted molar refractivity (Wildman–Crippen MR) is 62.2 cm³/mol. The molecule has 2 heterocycles. The molecule has 2 aromatic rings. The van der Waals surface area contributed by atoms with Crippen molar-refractivity contribution in [2.24, 2.45) is 0 Å². The van der Waals surface area contributed by atoms with Crippen LogP contribution in [-0.2, 0) is 0 Å². The van der Waals surface area contributed by atoms with E-state index in [1.165, 1.54) is 12.5 Å². The first-order valence-corrected chi connectivity index (χ1v) is 5.47. The number of nitrogens with zero attached hydrogens (tertiary/aromatic N) is 1. The minimum atomic E-state index is -0.190. The standard InChI is InChI=1S/C13H13NO3/c1-2-5-16-11-7-10(8-14-9-11)13(15)12-4-3-6-17-12/h3-4,6-9H,2,5H2,1H3. The third-order valence-electron chi connectivity index (χ3n) is 2.19. The van der Waals surface area contributed by atoms with Crippen LogP contribution in [0.2, 0.25) is 0 Å². The highest BCUT2D eigenvalue weighted by atomic mass is 16.5. The maximum atomic E-state index is 11.9. The predicted octanol–water partition coefficient (Wildman–Crippen LogP) is 2.69. The summed E-state index contributed by atoms with van der Waals surface area (Å²) in [6.45, 7) is 2.63. The van der Waals surface area contributed by atoms with Gasteiger partial charge in [-0.25, -0.2) is 0 Å². The summed E-state index contributed by atoms with van der Waals surface area (Å²) >= 11 is 0. The van der Waals surface area contributed by atoms with Crippen LogP contribution in [0.15, 0.2) is 41.3 Å². The first-order chi connectivity index (χ1) is 8.31. The number of ether oxygens (including phenoxy) is 1. The normalized spacial score (nSPS) is 10.2. The molecule has 0 bridgehead atoms. The molecule has 17 heavy (non-hydrogen) atoms. The summed E-state index contributed by atoms with van der Waals surface area (Å²) in [4.78, 5) is 15.9. The van der Waals surface area contributed by atoms with Crippen molar-refractivity contribution in [1.82, 2.24) is 4.98 Å². The van der Waals surface area contributed by atoms with E-state index in [0.29, 0.717) is 23.7 Å². The quantitative estimate of drug-likeness (QED) is 0.742. The lowest BCUT2D eigenvalue weighted by molar-refractivity contribution is 0.101. The Morgan fingerprint density at radius 3 is 3.06 bits per heavy atom. The Morgan fingerprint density at radius 1 is 1.47 bits per heavy atom. The highest BCUT2D eigenvalue weighted by molar-refractivity contribution is 6.07. The van der Waals surface area contributed by atoms with Gasteiger partial charge in [-0.1, -0.05) is 6.92 Å². The molecule has 0 radical (unpaired) electrons. The van der Waals surface area contributed by atoms with Gasteiger partial charge in [0.2, 0.25) is 5.78 Å². The Labute approximate surface area is 99.2 Å². The van der Waals surface area contributed by atoms with Gasteiger partial charge >= 0.3 is 0 Å². The van der Waals surface area contributed by atoms with Crippen LogP contribution in [0.4, 0.5) is 0 Å². The van der Waals surface area contributed by atoms with Crippen LogP contribution < -0.4 is 4.74 Å². The molecule has 0 unspecified atom stereocenters. The second-order valence-electron chi connectivity index (χ2n) is 3.56. The Kier molecular flexibility index (Phi) is 3.55. The molecule has 0 aliphatic rings. The van der Waals surface area contributed by atoms with Gasteiger partial charge in [0, 0.05) is 11.8 Å². The average molecular weight is 231 g/mol. The van der Waals surface area contributed by atoms with Crippen molar-refractivity contribution in [3.05, 3.63) is 48.2 Å². The number of aromatic nitrogens is 1. The second kappa shape index (κ2) is 5.30.